The molecule has 1 aliphatic rings. The van der Waals surface area contributed by atoms with Gasteiger partial charge in [0.1, 0.15) is 11.9 Å². The third kappa shape index (κ3) is 4.08. The summed E-state index contributed by atoms with van der Waals surface area (Å²) < 4.78 is 18.5. The molecule has 0 bridgehead atoms. The minimum atomic E-state index is -0.397. The van der Waals surface area contributed by atoms with Gasteiger partial charge in [0.15, 0.2) is 0 Å². The lowest BCUT2D eigenvalue weighted by Crippen LogP contribution is -2.41. The lowest BCUT2D eigenvalue weighted by molar-refractivity contribution is 0.00578. The van der Waals surface area contributed by atoms with E-state index in [-0.39, 0.29) is 17.3 Å². The van der Waals surface area contributed by atoms with Crippen molar-refractivity contribution in [2.75, 3.05) is 5.88 Å². The molecule has 0 amide bonds. The average Bonchev–Trinajstić information content (AvgIpc) is 2.83. The van der Waals surface area contributed by atoms with E-state index in [4.69, 9.17) is 25.6 Å². The largest absolute Gasteiger partial charge is 0.494 e. The second-order valence-corrected chi connectivity index (χ2v) is 8.03. The van der Waals surface area contributed by atoms with E-state index in [9.17, 15) is 0 Å². The molecule has 0 saturated carbocycles. The predicted octanol–water partition coefficient (Wildman–Crippen LogP) is 4.73. The van der Waals surface area contributed by atoms with E-state index in [0.717, 1.165) is 23.2 Å². The normalized spacial score (nSPS) is 19.3. The predicted molar refractivity (Wildman–Crippen MR) is 107 cm³/mol. The summed E-state index contributed by atoms with van der Waals surface area (Å²) in [4.78, 5) is 0. The Hall–Kier alpha value is -1.49. The van der Waals surface area contributed by atoms with Crippen LogP contribution in [0.15, 0.2) is 54.6 Å². The Morgan fingerprint density at radius 3 is 2.23 bits per heavy atom. The van der Waals surface area contributed by atoms with Crippen LogP contribution in [0, 0.1) is 0 Å². The maximum absolute atomic E-state index is 6.25. The summed E-state index contributed by atoms with van der Waals surface area (Å²) in [5.41, 5.74) is 1.35. The van der Waals surface area contributed by atoms with Crippen molar-refractivity contribution in [2.24, 2.45) is 0 Å². The summed E-state index contributed by atoms with van der Waals surface area (Å²) in [5.74, 6) is 1.33. The van der Waals surface area contributed by atoms with E-state index in [0.29, 0.717) is 5.88 Å². The second-order valence-electron chi connectivity index (χ2n) is 7.66. The Kier molecular flexibility index (Phi) is 5.66. The number of rotatable bonds is 6. The Morgan fingerprint density at radius 2 is 1.62 bits per heavy atom. The molecule has 1 saturated heterocycles. The Morgan fingerprint density at radius 1 is 0.962 bits per heavy atom. The first-order valence-corrected chi connectivity index (χ1v) is 9.59. The third-order valence-corrected chi connectivity index (χ3v) is 5.42. The maximum Gasteiger partial charge on any atom is 0.494 e. The van der Waals surface area contributed by atoms with Gasteiger partial charge >= 0.3 is 7.12 Å². The highest BCUT2D eigenvalue weighted by Gasteiger charge is 2.51. The Labute approximate surface area is 161 Å². The van der Waals surface area contributed by atoms with Crippen molar-refractivity contribution < 1.29 is 14.0 Å². The highest BCUT2D eigenvalue weighted by atomic mass is 35.5. The summed E-state index contributed by atoms with van der Waals surface area (Å²) >= 11 is 5.99. The van der Waals surface area contributed by atoms with Crippen LogP contribution in [0.1, 0.15) is 45.8 Å². The zero-order valence-electron chi connectivity index (χ0n) is 15.9. The first kappa shape index (κ1) is 19.3. The first-order chi connectivity index (χ1) is 12.3. The van der Waals surface area contributed by atoms with Crippen LogP contribution in [0.3, 0.4) is 0 Å². The van der Waals surface area contributed by atoms with Gasteiger partial charge in [0.05, 0.1) is 11.2 Å². The van der Waals surface area contributed by atoms with Gasteiger partial charge in [-0.15, -0.1) is 11.6 Å². The number of ether oxygens (including phenoxy) is 1. The van der Waals surface area contributed by atoms with Crippen LogP contribution in [0.4, 0.5) is 0 Å². The van der Waals surface area contributed by atoms with Crippen molar-refractivity contribution >= 4 is 24.2 Å². The fourth-order valence-corrected chi connectivity index (χ4v) is 3.14. The fraction of sp³-hybridized carbons (Fsp3) is 0.429. The van der Waals surface area contributed by atoms with Crippen LogP contribution in [-0.2, 0) is 9.31 Å². The molecule has 0 N–H and O–H groups in total. The average molecular weight is 373 g/mol. The van der Waals surface area contributed by atoms with E-state index < -0.39 is 7.12 Å². The molecule has 2 aromatic rings. The number of halogens is 1. The van der Waals surface area contributed by atoms with E-state index in [1.54, 1.807) is 0 Å². The molecular formula is C21H26BClO3. The monoisotopic (exact) mass is 372 g/mol. The van der Waals surface area contributed by atoms with Crippen molar-refractivity contribution in [3.8, 4) is 5.75 Å². The van der Waals surface area contributed by atoms with Crippen molar-refractivity contribution in [1.29, 1.82) is 0 Å². The van der Waals surface area contributed by atoms with E-state index in [1.165, 1.54) is 0 Å². The molecule has 26 heavy (non-hydrogen) atoms. The molecule has 0 radical (unpaired) electrons. The van der Waals surface area contributed by atoms with Gasteiger partial charge in [-0.25, -0.2) is 0 Å². The second kappa shape index (κ2) is 7.63. The molecule has 5 heteroatoms. The van der Waals surface area contributed by atoms with Gasteiger partial charge in [-0.05, 0) is 50.9 Å². The quantitative estimate of drug-likeness (QED) is 0.542. The van der Waals surface area contributed by atoms with Crippen LogP contribution in [0.25, 0.3) is 0 Å². The third-order valence-electron chi connectivity index (χ3n) is 5.20. The molecule has 3 nitrogen and oxygen atoms in total. The van der Waals surface area contributed by atoms with Crippen LogP contribution in [0.2, 0.25) is 0 Å². The lowest BCUT2D eigenvalue weighted by atomic mass is 9.79. The van der Waals surface area contributed by atoms with E-state index >= 15 is 0 Å². The molecule has 3 rings (SSSR count). The van der Waals surface area contributed by atoms with Crippen LogP contribution in [-0.4, -0.2) is 24.2 Å². The smallest absolute Gasteiger partial charge is 0.486 e. The van der Waals surface area contributed by atoms with Crippen molar-refractivity contribution in [2.45, 2.75) is 51.4 Å². The van der Waals surface area contributed by atoms with Crippen LogP contribution < -0.4 is 10.2 Å². The summed E-state index contributed by atoms with van der Waals surface area (Å²) in [6.45, 7) is 8.22. The molecule has 138 valence electrons. The Bertz CT molecular complexity index is 717. The molecule has 0 spiro atoms. The van der Waals surface area contributed by atoms with Gasteiger partial charge in [0.25, 0.3) is 0 Å². The van der Waals surface area contributed by atoms with Crippen molar-refractivity contribution in [3.63, 3.8) is 0 Å². The lowest BCUT2D eigenvalue weighted by Gasteiger charge is -2.32. The molecule has 0 aliphatic carbocycles. The summed E-state index contributed by atoms with van der Waals surface area (Å²) in [6.07, 6.45) is 0.661. The molecular weight excluding hydrogens is 346 g/mol. The van der Waals surface area contributed by atoms with Crippen molar-refractivity contribution in [1.82, 2.24) is 0 Å². The number of hydrogen-bond donors (Lipinski definition) is 0. The molecule has 0 aromatic heterocycles. The first-order valence-electron chi connectivity index (χ1n) is 9.05. The number of hydrogen-bond acceptors (Lipinski definition) is 3. The topological polar surface area (TPSA) is 27.7 Å². The molecule has 1 fully saturated rings. The van der Waals surface area contributed by atoms with Crippen LogP contribution >= 0.6 is 11.6 Å². The van der Waals surface area contributed by atoms with Gasteiger partial charge in [-0.3, -0.25) is 0 Å². The standard InChI is InChI=1S/C21H26BClO3/c1-20(2)21(3,4)26-22(25-20)17-11-8-12-18(15-17)24-19(13-14-23)16-9-6-5-7-10-16/h5-12,15,19H,13-14H2,1-4H3. The summed E-state index contributed by atoms with van der Waals surface area (Å²) in [5, 5.41) is 0. The molecule has 2 aromatic carbocycles. The number of alkyl halides is 1. The van der Waals surface area contributed by atoms with Gasteiger partial charge in [0, 0.05) is 12.3 Å². The molecule has 1 aliphatic heterocycles. The summed E-state index contributed by atoms with van der Waals surface area (Å²) in [7, 11) is -0.397. The van der Waals surface area contributed by atoms with Gasteiger partial charge in [0.2, 0.25) is 0 Å². The van der Waals surface area contributed by atoms with Gasteiger partial charge in [-0.1, -0.05) is 42.5 Å². The zero-order chi connectivity index (χ0) is 18.8. The maximum atomic E-state index is 6.25. The molecule has 1 unspecified atom stereocenters. The van der Waals surface area contributed by atoms with Crippen molar-refractivity contribution in [3.05, 3.63) is 60.2 Å². The highest BCUT2D eigenvalue weighted by molar-refractivity contribution is 6.62. The minimum Gasteiger partial charge on any atom is -0.486 e. The zero-order valence-corrected chi connectivity index (χ0v) is 16.6. The van der Waals surface area contributed by atoms with Crippen LogP contribution in [0.5, 0.6) is 5.75 Å². The SMILES string of the molecule is CC1(C)OB(c2cccc(OC(CCCl)c3ccccc3)c2)OC1(C)C. The highest BCUT2D eigenvalue weighted by Crippen LogP contribution is 2.36. The molecule has 1 atom stereocenters. The van der Waals surface area contributed by atoms with Gasteiger partial charge < -0.3 is 14.0 Å². The summed E-state index contributed by atoms with van der Waals surface area (Å²) in [6, 6.07) is 18.1. The fourth-order valence-electron chi connectivity index (χ4n) is 2.94. The Balaban J connectivity index is 1.79. The van der Waals surface area contributed by atoms with E-state index in [2.05, 4.69) is 39.8 Å². The van der Waals surface area contributed by atoms with Gasteiger partial charge in [-0.2, -0.15) is 0 Å². The minimum absolute atomic E-state index is 0.0813. The number of benzene rings is 2. The van der Waals surface area contributed by atoms with E-state index in [1.807, 2.05) is 42.5 Å². The molecule has 1 heterocycles.